The summed E-state index contributed by atoms with van der Waals surface area (Å²) in [6.45, 7) is 0. The van der Waals surface area contributed by atoms with Gasteiger partial charge in [-0.15, -0.1) is 0 Å². The second kappa shape index (κ2) is 5.17. The minimum atomic E-state index is -4.86. The van der Waals surface area contributed by atoms with Crippen LogP contribution in [0.25, 0.3) is 0 Å². The molecule has 0 aliphatic rings. The van der Waals surface area contributed by atoms with Crippen molar-refractivity contribution in [1.82, 2.24) is 4.98 Å². The zero-order valence-corrected chi connectivity index (χ0v) is 10.0. The molecule has 0 spiro atoms. The number of carboxylic acids is 1. The summed E-state index contributed by atoms with van der Waals surface area (Å²) in [7, 11) is 0. The van der Waals surface area contributed by atoms with E-state index in [0.717, 1.165) is 0 Å². The van der Waals surface area contributed by atoms with Gasteiger partial charge in [0.05, 0.1) is 12.0 Å². The number of alkyl halides is 5. The topological polar surface area (TPSA) is 50.2 Å². The molecule has 0 bridgehead atoms. The Bertz CT molecular complexity index is 475. The molecule has 0 atom stereocenters. The Morgan fingerprint density at radius 3 is 2.39 bits per heavy atom. The van der Waals surface area contributed by atoms with E-state index in [-0.39, 0.29) is 6.20 Å². The molecule has 0 aliphatic heterocycles. The van der Waals surface area contributed by atoms with Crippen LogP contribution in [0.3, 0.4) is 0 Å². The molecule has 0 radical (unpaired) electrons. The van der Waals surface area contributed by atoms with Gasteiger partial charge in [0.15, 0.2) is 0 Å². The quantitative estimate of drug-likeness (QED) is 0.862. The molecule has 3 nitrogen and oxygen atoms in total. The molecule has 0 saturated carbocycles. The molecule has 18 heavy (non-hydrogen) atoms. The summed E-state index contributed by atoms with van der Waals surface area (Å²) in [5, 5.41) is 8.51. The lowest BCUT2D eigenvalue weighted by Gasteiger charge is -2.15. The summed E-state index contributed by atoms with van der Waals surface area (Å²) < 4.78 is 62.0. The maximum Gasteiger partial charge on any atom is 0.418 e. The van der Waals surface area contributed by atoms with Gasteiger partial charge in [-0.2, -0.15) is 13.2 Å². The molecule has 1 N–H and O–H groups in total. The second-order valence-electron chi connectivity index (χ2n) is 3.22. The van der Waals surface area contributed by atoms with Crippen molar-refractivity contribution in [3.05, 3.63) is 27.5 Å². The smallest absolute Gasteiger partial charge is 0.418 e. The molecule has 0 amide bonds. The summed E-state index contributed by atoms with van der Waals surface area (Å²) >= 11 is 2.55. The Morgan fingerprint density at radius 2 is 2.00 bits per heavy atom. The van der Waals surface area contributed by atoms with Crippen molar-refractivity contribution < 1.29 is 31.9 Å². The standard InChI is InChI=1S/C9H5BrF5NO2/c10-6-3(1-5(17)18)4(9(13,14)15)2-16-7(6)8(11)12/h2,8H,1H2,(H,17,18). The number of nitrogens with zero attached hydrogens (tertiary/aromatic N) is 1. The van der Waals surface area contributed by atoms with Crippen LogP contribution in [0.2, 0.25) is 0 Å². The lowest BCUT2D eigenvalue weighted by atomic mass is 10.1. The van der Waals surface area contributed by atoms with Crippen LogP contribution >= 0.6 is 15.9 Å². The molecule has 0 saturated heterocycles. The molecule has 0 fully saturated rings. The van der Waals surface area contributed by atoms with E-state index >= 15 is 0 Å². The summed E-state index contributed by atoms with van der Waals surface area (Å²) in [4.78, 5) is 13.5. The zero-order valence-electron chi connectivity index (χ0n) is 8.43. The Labute approximate surface area is 106 Å². The first-order valence-electron chi connectivity index (χ1n) is 4.39. The van der Waals surface area contributed by atoms with Crippen LogP contribution < -0.4 is 0 Å². The number of aliphatic carboxylic acids is 1. The molecule has 1 aromatic heterocycles. The highest BCUT2D eigenvalue weighted by molar-refractivity contribution is 9.10. The Morgan fingerprint density at radius 1 is 1.44 bits per heavy atom. The van der Waals surface area contributed by atoms with Crippen molar-refractivity contribution in [3.63, 3.8) is 0 Å². The third kappa shape index (κ3) is 3.15. The van der Waals surface area contributed by atoms with E-state index in [2.05, 4.69) is 20.9 Å². The number of halogens is 6. The Kier molecular flexibility index (Phi) is 4.25. The van der Waals surface area contributed by atoms with E-state index in [1.165, 1.54) is 0 Å². The largest absolute Gasteiger partial charge is 0.481 e. The Balaban J connectivity index is 3.46. The van der Waals surface area contributed by atoms with E-state index in [9.17, 15) is 26.7 Å². The monoisotopic (exact) mass is 333 g/mol. The zero-order chi connectivity index (χ0) is 14.1. The van der Waals surface area contributed by atoms with Crippen LogP contribution in [0.1, 0.15) is 23.2 Å². The molecule has 1 heterocycles. The van der Waals surface area contributed by atoms with Crippen LogP contribution in [0.4, 0.5) is 22.0 Å². The number of carbonyl (C=O) groups is 1. The van der Waals surface area contributed by atoms with Gasteiger partial charge in [-0.1, -0.05) is 0 Å². The molecule has 0 aliphatic carbocycles. The minimum absolute atomic E-state index is 0.213. The summed E-state index contributed by atoms with van der Waals surface area (Å²) in [5.74, 6) is -1.56. The van der Waals surface area contributed by atoms with Gasteiger partial charge in [-0.3, -0.25) is 9.78 Å². The number of carboxylic acid groups (broad SMARTS) is 1. The predicted octanol–water partition coefficient (Wildman–Crippen LogP) is 3.43. The first kappa shape index (κ1) is 14.8. The summed E-state index contributed by atoms with van der Waals surface area (Å²) in [5.41, 5.74) is -3.03. The second-order valence-corrected chi connectivity index (χ2v) is 4.01. The first-order chi connectivity index (χ1) is 8.14. The van der Waals surface area contributed by atoms with Crippen molar-refractivity contribution >= 4 is 21.9 Å². The predicted molar refractivity (Wildman–Crippen MR) is 53.2 cm³/mol. The lowest BCUT2D eigenvalue weighted by molar-refractivity contribution is -0.140. The molecule has 1 rings (SSSR count). The highest BCUT2D eigenvalue weighted by Gasteiger charge is 2.36. The lowest BCUT2D eigenvalue weighted by Crippen LogP contribution is -2.15. The molecule has 0 unspecified atom stereocenters. The highest BCUT2D eigenvalue weighted by atomic mass is 79.9. The fraction of sp³-hybridized carbons (Fsp3) is 0.333. The molecule has 1 aromatic rings. The minimum Gasteiger partial charge on any atom is -0.481 e. The van der Waals surface area contributed by atoms with Gasteiger partial charge in [0, 0.05) is 10.7 Å². The molecule has 9 heteroatoms. The van der Waals surface area contributed by atoms with Crippen molar-refractivity contribution in [3.8, 4) is 0 Å². The van der Waals surface area contributed by atoms with Crippen molar-refractivity contribution in [2.75, 3.05) is 0 Å². The van der Waals surface area contributed by atoms with Crippen LogP contribution in [-0.2, 0) is 17.4 Å². The van der Waals surface area contributed by atoms with Crippen LogP contribution in [0.5, 0.6) is 0 Å². The van der Waals surface area contributed by atoms with Crippen molar-refractivity contribution in [1.29, 1.82) is 0 Å². The van der Waals surface area contributed by atoms with Gasteiger partial charge in [-0.25, -0.2) is 8.78 Å². The van der Waals surface area contributed by atoms with Crippen LogP contribution in [-0.4, -0.2) is 16.1 Å². The number of hydrogen-bond donors (Lipinski definition) is 1. The van der Waals surface area contributed by atoms with E-state index in [0.29, 0.717) is 0 Å². The Hall–Kier alpha value is -1.25. The maximum absolute atomic E-state index is 12.6. The van der Waals surface area contributed by atoms with Crippen LogP contribution in [0.15, 0.2) is 10.7 Å². The SMILES string of the molecule is O=C(O)Cc1c(C(F)(F)F)cnc(C(F)F)c1Br. The van der Waals surface area contributed by atoms with E-state index in [1.54, 1.807) is 0 Å². The van der Waals surface area contributed by atoms with Gasteiger partial charge >= 0.3 is 12.1 Å². The van der Waals surface area contributed by atoms with Gasteiger partial charge < -0.3 is 5.11 Å². The van der Waals surface area contributed by atoms with Gasteiger partial charge in [-0.05, 0) is 21.5 Å². The van der Waals surface area contributed by atoms with E-state index in [1.807, 2.05) is 0 Å². The third-order valence-electron chi connectivity index (χ3n) is 1.99. The average molecular weight is 334 g/mol. The van der Waals surface area contributed by atoms with Gasteiger partial charge in [0.25, 0.3) is 6.43 Å². The average Bonchev–Trinajstić information content (AvgIpc) is 2.17. The number of rotatable bonds is 3. The fourth-order valence-electron chi connectivity index (χ4n) is 1.26. The van der Waals surface area contributed by atoms with Crippen LogP contribution in [0, 0.1) is 0 Å². The van der Waals surface area contributed by atoms with Gasteiger partial charge in [0.2, 0.25) is 0 Å². The summed E-state index contributed by atoms with van der Waals surface area (Å²) in [6.07, 6.45) is -8.78. The summed E-state index contributed by atoms with van der Waals surface area (Å²) in [6, 6.07) is 0. The first-order valence-corrected chi connectivity index (χ1v) is 5.18. The third-order valence-corrected chi connectivity index (χ3v) is 2.87. The van der Waals surface area contributed by atoms with Gasteiger partial charge in [0.1, 0.15) is 5.69 Å². The van der Waals surface area contributed by atoms with E-state index < -0.39 is 46.3 Å². The number of pyridine rings is 1. The molecular weight excluding hydrogens is 329 g/mol. The van der Waals surface area contributed by atoms with Crippen molar-refractivity contribution in [2.45, 2.75) is 19.0 Å². The molecule has 0 aromatic carbocycles. The highest BCUT2D eigenvalue weighted by Crippen LogP contribution is 2.38. The normalized spacial score (nSPS) is 11.9. The van der Waals surface area contributed by atoms with Crippen molar-refractivity contribution in [2.24, 2.45) is 0 Å². The molecular formula is C9H5BrF5NO2. The van der Waals surface area contributed by atoms with E-state index in [4.69, 9.17) is 5.11 Å². The maximum atomic E-state index is 12.6. The number of aromatic nitrogens is 1. The number of hydrogen-bond acceptors (Lipinski definition) is 2. The molecule has 100 valence electrons. The fourth-order valence-corrected chi connectivity index (χ4v) is 1.89.